The molecule has 1 aliphatic heterocycles. The van der Waals surface area contributed by atoms with Gasteiger partial charge in [-0.2, -0.15) is 13.2 Å². The molecule has 1 heterocycles. The van der Waals surface area contributed by atoms with Crippen LogP contribution in [0.5, 0.6) is 0 Å². The molecule has 1 amide bonds. The summed E-state index contributed by atoms with van der Waals surface area (Å²) in [5, 5.41) is 1.06. The molecule has 0 bridgehead atoms. The molecule has 2 aromatic rings. The van der Waals surface area contributed by atoms with E-state index in [9.17, 15) is 18.0 Å². The fraction of sp³-hybridized carbons (Fsp3) is 0.100. The summed E-state index contributed by atoms with van der Waals surface area (Å²) in [6.07, 6.45) is -1.51. The SMILES string of the molecule is C=CCN1C(=O)/C(=C/c2cccc(C(F)(F)F)c2)SC1=Nc1ccc(Cl)c(Cl)c1. The highest BCUT2D eigenvalue weighted by atomic mass is 35.5. The molecule has 150 valence electrons. The van der Waals surface area contributed by atoms with Crippen LogP contribution in [0.4, 0.5) is 18.9 Å². The number of nitrogens with zero attached hydrogens (tertiary/aromatic N) is 2. The van der Waals surface area contributed by atoms with Gasteiger partial charge >= 0.3 is 6.18 Å². The Bertz CT molecular complexity index is 1030. The van der Waals surface area contributed by atoms with Crippen LogP contribution in [0.2, 0.25) is 10.0 Å². The fourth-order valence-corrected chi connectivity index (χ4v) is 3.80. The maximum atomic E-state index is 12.9. The molecule has 0 radical (unpaired) electrons. The highest BCUT2D eigenvalue weighted by Crippen LogP contribution is 2.36. The van der Waals surface area contributed by atoms with E-state index in [4.69, 9.17) is 23.2 Å². The van der Waals surface area contributed by atoms with Crippen LogP contribution in [0.25, 0.3) is 6.08 Å². The van der Waals surface area contributed by atoms with Gasteiger partial charge in [0, 0.05) is 6.54 Å². The van der Waals surface area contributed by atoms with Gasteiger partial charge in [-0.1, -0.05) is 41.4 Å². The minimum Gasteiger partial charge on any atom is -0.283 e. The predicted molar refractivity (Wildman–Crippen MR) is 112 cm³/mol. The Balaban J connectivity index is 1.97. The smallest absolute Gasteiger partial charge is 0.283 e. The Labute approximate surface area is 179 Å². The van der Waals surface area contributed by atoms with E-state index in [1.807, 2.05) is 0 Å². The molecule has 0 unspecified atom stereocenters. The summed E-state index contributed by atoms with van der Waals surface area (Å²) < 4.78 is 38.8. The van der Waals surface area contributed by atoms with Gasteiger partial charge in [0.2, 0.25) is 0 Å². The van der Waals surface area contributed by atoms with E-state index in [2.05, 4.69) is 11.6 Å². The van der Waals surface area contributed by atoms with Crippen LogP contribution in [0.1, 0.15) is 11.1 Å². The summed E-state index contributed by atoms with van der Waals surface area (Å²) in [4.78, 5) is 18.8. The summed E-state index contributed by atoms with van der Waals surface area (Å²) in [6, 6.07) is 9.56. The summed E-state index contributed by atoms with van der Waals surface area (Å²) in [7, 11) is 0. The summed E-state index contributed by atoms with van der Waals surface area (Å²) in [5.41, 5.74) is -0.0240. The Morgan fingerprint density at radius 3 is 2.55 bits per heavy atom. The first-order chi connectivity index (χ1) is 13.7. The third kappa shape index (κ3) is 5.04. The maximum absolute atomic E-state index is 12.9. The molecule has 0 N–H and O–H groups in total. The molecule has 0 saturated carbocycles. The van der Waals surface area contributed by atoms with Gasteiger partial charge < -0.3 is 0 Å². The summed E-state index contributed by atoms with van der Waals surface area (Å²) >= 11 is 13.0. The molecule has 29 heavy (non-hydrogen) atoms. The van der Waals surface area contributed by atoms with E-state index < -0.39 is 11.7 Å². The maximum Gasteiger partial charge on any atom is 0.416 e. The number of hydrogen-bond donors (Lipinski definition) is 0. The number of amidine groups is 1. The predicted octanol–water partition coefficient (Wildman–Crippen LogP) is 6.80. The van der Waals surface area contributed by atoms with Gasteiger partial charge in [-0.25, -0.2) is 4.99 Å². The lowest BCUT2D eigenvalue weighted by atomic mass is 10.1. The third-order valence-electron chi connectivity index (χ3n) is 3.84. The monoisotopic (exact) mass is 456 g/mol. The lowest BCUT2D eigenvalue weighted by Crippen LogP contribution is -2.29. The molecular weight excluding hydrogens is 444 g/mol. The Morgan fingerprint density at radius 2 is 1.90 bits per heavy atom. The Kier molecular flexibility index (Phi) is 6.41. The minimum absolute atomic E-state index is 0.200. The molecule has 1 fully saturated rings. The van der Waals surface area contributed by atoms with Crippen molar-refractivity contribution in [2.75, 3.05) is 6.54 Å². The Morgan fingerprint density at radius 1 is 1.14 bits per heavy atom. The van der Waals surface area contributed by atoms with Crippen molar-refractivity contribution >= 4 is 57.8 Å². The van der Waals surface area contributed by atoms with E-state index >= 15 is 0 Å². The molecule has 3 rings (SSSR count). The van der Waals surface area contributed by atoms with E-state index in [0.29, 0.717) is 20.9 Å². The number of carbonyl (C=O) groups is 1. The standard InChI is InChI=1S/C20H13Cl2F3N2OS/c1-2-8-27-18(28)17(10-12-4-3-5-13(9-12)20(23,24)25)29-19(27)26-14-6-7-15(21)16(22)11-14/h2-7,9-11H,1,8H2/b17-10-,26-19?. The highest BCUT2D eigenvalue weighted by Gasteiger charge is 2.33. The third-order valence-corrected chi connectivity index (χ3v) is 5.59. The van der Waals surface area contributed by atoms with E-state index in [0.717, 1.165) is 23.9 Å². The van der Waals surface area contributed by atoms with E-state index in [-0.39, 0.29) is 22.9 Å². The zero-order valence-electron chi connectivity index (χ0n) is 14.7. The molecule has 3 nitrogen and oxygen atoms in total. The van der Waals surface area contributed by atoms with Crippen LogP contribution in [-0.4, -0.2) is 22.5 Å². The topological polar surface area (TPSA) is 32.7 Å². The molecule has 0 spiro atoms. The van der Waals surface area contributed by atoms with Crippen molar-refractivity contribution in [3.63, 3.8) is 0 Å². The molecule has 0 atom stereocenters. The van der Waals surface area contributed by atoms with Crippen molar-refractivity contribution in [1.29, 1.82) is 0 Å². The number of rotatable bonds is 4. The second kappa shape index (κ2) is 8.65. The zero-order chi connectivity index (χ0) is 21.2. The van der Waals surface area contributed by atoms with Crippen LogP contribution >= 0.6 is 35.0 Å². The van der Waals surface area contributed by atoms with Gasteiger partial charge in [0.05, 0.1) is 26.2 Å². The van der Waals surface area contributed by atoms with Crippen molar-refractivity contribution in [3.8, 4) is 0 Å². The second-order valence-electron chi connectivity index (χ2n) is 5.93. The van der Waals surface area contributed by atoms with E-state index in [1.54, 1.807) is 18.2 Å². The van der Waals surface area contributed by atoms with Gasteiger partial charge in [0.1, 0.15) is 0 Å². The highest BCUT2D eigenvalue weighted by molar-refractivity contribution is 8.18. The lowest BCUT2D eigenvalue weighted by Gasteiger charge is -2.12. The first-order valence-corrected chi connectivity index (χ1v) is 9.79. The number of thioether (sulfide) groups is 1. The van der Waals surface area contributed by atoms with Crippen LogP contribution in [0.15, 0.2) is 65.0 Å². The molecule has 9 heteroatoms. The largest absolute Gasteiger partial charge is 0.416 e. The Hall–Kier alpha value is -2.22. The van der Waals surface area contributed by atoms with Gasteiger partial charge in [0.15, 0.2) is 5.17 Å². The number of aliphatic imine (C=N–C) groups is 1. The van der Waals surface area contributed by atoms with Gasteiger partial charge in [-0.3, -0.25) is 9.69 Å². The zero-order valence-corrected chi connectivity index (χ0v) is 17.0. The summed E-state index contributed by atoms with van der Waals surface area (Å²) in [6.45, 7) is 3.83. The number of hydrogen-bond acceptors (Lipinski definition) is 3. The van der Waals surface area contributed by atoms with Crippen molar-refractivity contribution < 1.29 is 18.0 Å². The van der Waals surface area contributed by atoms with Crippen LogP contribution in [0, 0.1) is 0 Å². The van der Waals surface area contributed by atoms with Gasteiger partial charge in [-0.05, 0) is 53.7 Å². The van der Waals surface area contributed by atoms with Crippen LogP contribution in [0.3, 0.4) is 0 Å². The normalized spacial score (nSPS) is 17.4. The number of alkyl halides is 3. The van der Waals surface area contributed by atoms with Gasteiger partial charge in [-0.15, -0.1) is 6.58 Å². The first-order valence-electron chi connectivity index (χ1n) is 8.22. The average molecular weight is 457 g/mol. The van der Waals surface area contributed by atoms with Crippen LogP contribution < -0.4 is 0 Å². The van der Waals surface area contributed by atoms with E-state index in [1.165, 1.54) is 29.2 Å². The number of benzene rings is 2. The molecule has 1 saturated heterocycles. The number of halogens is 5. The van der Waals surface area contributed by atoms with Crippen molar-refractivity contribution in [1.82, 2.24) is 4.90 Å². The molecule has 0 aliphatic carbocycles. The average Bonchev–Trinajstić information content (AvgIpc) is 2.93. The van der Waals surface area contributed by atoms with Crippen molar-refractivity contribution in [3.05, 3.63) is 81.2 Å². The summed E-state index contributed by atoms with van der Waals surface area (Å²) in [5.74, 6) is -0.369. The van der Waals surface area contributed by atoms with Crippen LogP contribution in [-0.2, 0) is 11.0 Å². The minimum atomic E-state index is -4.46. The quantitative estimate of drug-likeness (QED) is 0.374. The molecular formula is C20H13Cl2F3N2OS. The fourth-order valence-electron chi connectivity index (χ4n) is 2.50. The molecule has 1 aliphatic rings. The first kappa shape index (κ1) is 21.5. The number of amides is 1. The van der Waals surface area contributed by atoms with Gasteiger partial charge in [0.25, 0.3) is 5.91 Å². The lowest BCUT2D eigenvalue weighted by molar-refractivity contribution is -0.137. The number of carbonyl (C=O) groups excluding carboxylic acids is 1. The second-order valence-corrected chi connectivity index (χ2v) is 7.75. The molecule has 2 aromatic carbocycles. The van der Waals surface area contributed by atoms with Crippen molar-refractivity contribution in [2.24, 2.45) is 4.99 Å². The molecule has 0 aromatic heterocycles. The van der Waals surface area contributed by atoms with Crippen molar-refractivity contribution in [2.45, 2.75) is 6.18 Å².